The number of carbonyl (C=O) groups excluding carboxylic acids is 2. The lowest BCUT2D eigenvalue weighted by Crippen LogP contribution is -2.38. The van der Waals surface area contributed by atoms with Crippen molar-refractivity contribution in [3.8, 4) is 11.4 Å². The molecule has 3 aromatic rings. The number of methoxy groups -OCH3 is 1. The Hall–Kier alpha value is -3.38. The molecule has 39 heavy (non-hydrogen) atoms. The lowest BCUT2D eigenvalue weighted by Gasteiger charge is -2.26. The van der Waals surface area contributed by atoms with Crippen LogP contribution in [0, 0.1) is 0 Å². The van der Waals surface area contributed by atoms with Gasteiger partial charge < -0.3 is 19.5 Å². The monoisotopic (exact) mass is 572 g/mol. The molecule has 2 aliphatic rings. The average Bonchev–Trinajstić information content (AvgIpc) is 3.56. The van der Waals surface area contributed by atoms with E-state index in [1.807, 2.05) is 12.1 Å². The van der Waals surface area contributed by atoms with E-state index in [9.17, 15) is 14.4 Å². The molecule has 0 bridgehead atoms. The van der Waals surface area contributed by atoms with Crippen molar-refractivity contribution in [3.63, 3.8) is 0 Å². The minimum Gasteiger partial charge on any atom is -0.494 e. The van der Waals surface area contributed by atoms with Gasteiger partial charge in [0.1, 0.15) is 11.9 Å². The summed E-state index contributed by atoms with van der Waals surface area (Å²) in [7, 11) is 1.52. The SMILES string of the molecule is COc1cc(N2C[C@H](CNC(=O)c3ccc(Cl)s3)OC2=O)ccc1-n1cccc(CCN2CCOCC2)c1=O. The summed E-state index contributed by atoms with van der Waals surface area (Å²) in [5.41, 5.74) is 1.75. The number of halogens is 1. The maximum atomic E-state index is 13.3. The van der Waals surface area contributed by atoms with Crippen LogP contribution in [0.4, 0.5) is 10.5 Å². The van der Waals surface area contributed by atoms with Gasteiger partial charge in [0.25, 0.3) is 11.5 Å². The molecule has 0 spiro atoms. The molecule has 1 atom stereocenters. The normalized spacial score (nSPS) is 17.7. The number of amides is 2. The van der Waals surface area contributed by atoms with E-state index in [2.05, 4.69) is 10.2 Å². The fourth-order valence-electron chi connectivity index (χ4n) is 4.62. The first kappa shape index (κ1) is 27.2. The second-order valence-corrected chi connectivity index (χ2v) is 10.9. The quantitative estimate of drug-likeness (QED) is 0.420. The van der Waals surface area contributed by atoms with E-state index in [1.165, 1.54) is 23.3 Å². The Kier molecular flexibility index (Phi) is 8.51. The first-order valence-electron chi connectivity index (χ1n) is 12.6. The zero-order chi connectivity index (χ0) is 27.4. The summed E-state index contributed by atoms with van der Waals surface area (Å²) in [6.45, 7) is 4.37. The molecule has 2 amide bonds. The van der Waals surface area contributed by atoms with Gasteiger partial charge in [-0.1, -0.05) is 17.7 Å². The molecule has 2 aliphatic heterocycles. The molecule has 0 aliphatic carbocycles. The number of nitrogens with zero attached hydrogens (tertiary/aromatic N) is 3. The Morgan fingerprint density at radius 1 is 1.18 bits per heavy atom. The molecule has 206 valence electrons. The molecule has 5 rings (SSSR count). The third-order valence-electron chi connectivity index (χ3n) is 6.72. The molecule has 10 nitrogen and oxygen atoms in total. The van der Waals surface area contributed by atoms with Gasteiger partial charge in [0, 0.05) is 37.5 Å². The summed E-state index contributed by atoms with van der Waals surface area (Å²) >= 11 is 7.08. The van der Waals surface area contributed by atoms with Gasteiger partial charge in [-0.3, -0.25) is 24.0 Å². The van der Waals surface area contributed by atoms with Gasteiger partial charge in [0.15, 0.2) is 0 Å². The fraction of sp³-hybridized carbons (Fsp3) is 0.370. The van der Waals surface area contributed by atoms with E-state index in [-0.39, 0.29) is 24.6 Å². The minimum absolute atomic E-state index is 0.111. The van der Waals surface area contributed by atoms with Gasteiger partial charge in [-0.25, -0.2) is 4.79 Å². The Morgan fingerprint density at radius 3 is 2.74 bits per heavy atom. The van der Waals surface area contributed by atoms with Crippen molar-refractivity contribution in [2.24, 2.45) is 0 Å². The summed E-state index contributed by atoms with van der Waals surface area (Å²) in [5, 5.41) is 2.78. The van der Waals surface area contributed by atoms with Crippen LogP contribution in [0.2, 0.25) is 4.34 Å². The number of nitrogens with one attached hydrogen (secondary N) is 1. The molecular weight excluding hydrogens is 544 g/mol. The highest BCUT2D eigenvalue weighted by atomic mass is 35.5. The highest BCUT2D eigenvalue weighted by Crippen LogP contribution is 2.30. The number of hydrogen-bond donors (Lipinski definition) is 1. The van der Waals surface area contributed by atoms with Gasteiger partial charge in [-0.15, -0.1) is 11.3 Å². The Labute approximate surface area is 234 Å². The van der Waals surface area contributed by atoms with Gasteiger partial charge in [0.2, 0.25) is 0 Å². The number of ether oxygens (including phenoxy) is 3. The lowest BCUT2D eigenvalue weighted by atomic mass is 10.1. The number of carbonyl (C=O) groups is 2. The molecule has 4 heterocycles. The van der Waals surface area contributed by atoms with Gasteiger partial charge in [-0.05, 0) is 36.8 Å². The first-order valence-corrected chi connectivity index (χ1v) is 13.8. The first-order chi connectivity index (χ1) is 18.9. The number of aromatic nitrogens is 1. The molecular formula is C27H29ClN4O6S. The zero-order valence-corrected chi connectivity index (χ0v) is 23.0. The molecule has 12 heteroatoms. The standard InChI is InChI=1S/C27H29ClN4O6S/c1-36-22-15-19(32-17-20(38-27(32)35)16-29-25(33)23-6-7-24(28)39-23)4-5-21(22)31-9-2-3-18(26(31)34)8-10-30-11-13-37-14-12-30/h2-7,9,15,20H,8,10-14,16-17H2,1H3,(H,29,33)/t20-/m0/s1. The van der Waals surface area contributed by atoms with Crippen LogP contribution in [0.3, 0.4) is 0 Å². The Morgan fingerprint density at radius 2 is 2.00 bits per heavy atom. The topological polar surface area (TPSA) is 102 Å². The molecule has 0 radical (unpaired) electrons. The Balaban J connectivity index is 1.27. The number of hydrogen-bond acceptors (Lipinski definition) is 8. The van der Waals surface area contributed by atoms with E-state index < -0.39 is 12.2 Å². The van der Waals surface area contributed by atoms with Crippen LogP contribution < -0.4 is 20.5 Å². The number of anilines is 1. The van der Waals surface area contributed by atoms with E-state index in [0.29, 0.717) is 51.5 Å². The van der Waals surface area contributed by atoms with Gasteiger partial charge in [0.05, 0.1) is 54.0 Å². The van der Waals surface area contributed by atoms with Gasteiger partial charge in [-0.2, -0.15) is 0 Å². The van der Waals surface area contributed by atoms with Crippen molar-refractivity contribution in [3.05, 3.63) is 73.8 Å². The number of morpholine rings is 1. The van der Waals surface area contributed by atoms with E-state index in [0.717, 1.165) is 19.6 Å². The van der Waals surface area contributed by atoms with Crippen molar-refractivity contribution < 1.29 is 23.8 Å². The van der Waals surface area contributed by atoms with Crippen LogP contribution in [-0.4, -0.2) is 80.6 Å². The fourth-order valence-corrected chi connectivity index (χ4v) is 5.58. The van der Waals surface area contributed by atoms with Crippen LogP contribution in [0.1, 0.15) is 15.2 Å². The highest BCUT2D eigenvalue weighted by Gasteiger charge is 2.33. The Bertz CT molecular complexity index is 1400. The predicted octanol–water partition coefficient (Wildman–Crippen LogP) is 3.19. The highest BCUT2D eigenvalue weighted by molar-refractivity contribution is 7.18. The molecule has 0 unspecified atom stereocenters. The number of benzene rings is 1. The van der Waals surface area contributed by atoms with Crippen molar-refractivity contribution in [1.82, 2.24) is 14.8 Å². The molecule has 1 N–H and O–H groups in total. The van der Waals surface area contributed by atoms with Crippen molar-refractivity contribution in [2.75, 3.05) is 57.9 Å². The number of pyridine rings is 1. The maximum Gasteiger partial charge on any atom is 0.414 e. The summed E-state index contributed by atoms with van der Waals surface area (Å²) in [6.07, 6.45) is 1.30. The van der Waals surface area contributed by atoms with Crippen LogP contribution in [-0.2, 0) is 15.9 Å². The van der Waals surface area contributed by atoms with Crippen molar-refractivity contribution >= 4 is 40.6 Å². The summed E-state index contributed by atoms with van der Waals surface area (Å²) < 4.78 is 18.6. The second kappa shape index (κ2) is 12.2. The minimum atomic E-state index is -0.523. The zero-order valence-electron chi connectivity index (χ0n) is 21.4. The third kappa shape index (κ3) is 6.27. The summed E-state index contributed by atoms with van der Waals surface area (Å²) in [4.78, 5) is 42.5. The third-order valence-corrected chi connectivity index (χ3v) is 7.95. The van der Waals surface area contributed by atoms with E-state index >= 15 is 0 Å². The van der Waals surface area contributed by atoms with E-state index in [4.69, 9.17) is 25.8 Å². The molecule has 2 aromatic heterocycles. The molecule has 0 saturated carbocycles. The largest absolute Gasteiger partial charge is 0.494 e. The van der Waals surface area contributed by atoms with Crippen LogP contribution in [0.5, 0.6) is 5.75 Å². The smallest absolute Gasteiger partial charge is 0.414 e. The molecule has 2 saturated heterocycles. The number of rotatable bonds is 9. The van der Waals surface area contributed by atoms with Crippen LogP contribution in [0.15, 0.2) is 53.5 Å². The van der Waals surface area contributed by atoms with Gasteiger partial charge >= 0.3 is 6.09 Å². The van der Waals surface area contributed by atoms with Crippen molar-refractivity contribution in [2.45, 2.75) is 12.5 Å². The van der Waals surface area contributed by atoms with Crippen molar-refractivity contribution in [1.29, 1.82) is 0 Å². The van der Waals surface area contributed by atoms with Crippen LogP contribution >= 0.6 is 22.9 Å². The second-order valence-electron chi connectivity index (χ2n) is 9.20. The maximum absolute atomic E-state index is 13.3. The predicted molar refractivity (Wildman–Crippen MR) is 149 cm³/mol. The lowest BCUT2D eigenvalue weighted by molar-refractivity contribution is 0.0384. The molecule has 2 fully saturated rings. The number of thiophene rings is 1. The number of cyclic esters (lactones) is 1. The average molecular weight is 573 g/mol. The van der Waals surface area contributed by atoms with E-state index in [1.54, 1.807) is 41.1 Å². The summed E-state index contributed by atoms with van der Waals surface area (Å²) in [6, 6.07) is 12.2. The van der Waals surface area contributed by atoms with Crippen LogP contribution in [0.25, 0.3) is 5.69 Å². The molecule has 1 aromatic carbocycles. The summed E-state index contributed by atoms with van der Waals surface area (Å²) in [5.74, 6) is 0.170.